The van der Waals surface area contributed by atoms with Crippen molar-refractivity contribution < 1.29 is 18.0 Å². The van der Waals surface area contributed by atoms with Gasteiger partial charge in [-0.1, -0.05) is 12.1 Å². The van der Waals surface area contributed by atoms with Crippen LogP contribution in [0.1, 0.15) is 21.7 Å². The quantitative estimate of drug-likeness (QED) is 0.506. The van der Waals surface area contributed by atoms with Crippen molar-refractivity contribution >= 4 is 22.5 Å². The van der Waals surface area contributed by atoms with Crippen LogP contribution in [0, 0.1) is 6.92 Å². The summed E-state index contributed by atoms with van der Waals surface area (Å²) in [5, 5.41) is 3.12. The maximum absolute atomic E-state index is 12.9. The molecule has 0 aliphatic rings. The number of amides is 1. The van der Waals surface area contributed by atoms with Crippen LogP contribution < -0.4 is 10.9 Å². The zero-order valence-electron chi connectivity index (χ0n) is 16.3. The smallest absolute Gasteiger partial charge is 0.322 e. The van der Waals surface area contributed by atoms with E-state index in [1.165, 1.54) is 4.57 Å². The number of fused-ring (bicyclic) bond motifs is 1. The number of anilines is 1. The summed E-state index contributed by atoms with van der Waals surface area (Å²) in [7, 11) is 0. The SMILES string of the molecule is Cc1nc2ccccc2c(=O)n1-c1ccc(NC(=O)c2ccc(C(F)(F)F)cc2)cc1. The second-order valence-electron chi connectivity index (χ2n) is 6.89. The van der Waals surface area contributed by atoms with E-state index >= 15 is 0 Å². The van der Waals surface area contributed by atoms with Crippen LogP contribution in [0.4, 0.5) is 18.9 Å². The molecule has 0 unspecified atom stereocenters. The van der Waals surface area contributed by atoms with Gasteiger partial charge in [0.25, 0.3) is 11.5 Å². The van der Waals surface area contributed by atoms with E-state index in [0.717, 1.165) is 24.3 Å². The number of carbonyl (C=O) groups excluding carboxylic acids is 1. The molecule has 0 aliphatic heterocycles. The fourth-order valence-corrected chi connectivity index (χ4v) is 3.26. The fraction of sp³-hybridized carbons (Fsp3) is 0.0870. The molecule has 0 atom stereocenters. The number of para-hydroxylation sites is 1. The fourth-order valence-electron chi connectivity index (χ4n) is 3.26. The largest absolute Gasteiger partial charge is 0.416 e. The van der Waals surface area contributed by atoms with Crippen molar-refractivity contribution in [3.63, 3.8) is 0 Å². The minimum atomic E-state index is -4.46. The van der Waals surface area contributed by atoms with Crippen molar-refractivity contribution in [3.05, 3.63) is 100 Å². The number of aryl methyl sites for hydroxylation is 1. The lowest BCUT2D eigenvalue weighted by Gasteiger charge is -2.12. The normalized spacial score (nSPS) is 11.5. The van der Waals surface area contributed by atoms with Crippen LogP contribution in [0.5, 0.6) is 0 Å². The predicted octanol–water partition coefficient (Wildman–Crippen LogP) is 4.97. The third-order valence-electron chi connectivity index (χ3n) is 4.80. The standard InChI is InChI=1S/C23H16F3N3O2/c1-14-27-20-5-3-2-4-19(20)22(31)29(14)18-12-10-17(11-13-18)28-21(30)15-6-8-16(9-7-15)23(24,25)26/h2-13H,1H3,(H,28,30). The Balaban J connectivity index is 1.57. The van der Waals surface area contributed by atoms with Crippen LogP contribution in [-0.2, 0) is 6.18 Å². The van der Waals surface area contributed by atoms with Crippen LogP contribution >= 0.6 is 0 Å². The van der Waals surface area contributed by atoms with Gasteiger partial charge >= 0.3 is 6.18 Å². The topological polar surface area (TPSA) is 64.0 Å². The number of nitrogens with zero attached hydrogens (tertiary/aromatic N) is 2. The zero-order valence-corrected chi connectivity index (χ0v) is 16.3. The van der Waals surface area contributed by atoms with Crippen LogP contribution in [0.15, 0.2) is 77.6 Å². The van der Waals surface area contributed by atoms with Gasteiger partial charge in [-0.05, 0) is 67.6 Å². The van der Waals surface area contributed by atoms with Crippen LogP contribution in [0.2, 0.25) is 0 Å². The Kier molecular flexibility index (Phi) is 5.06. The van der Waals surface area contributed by atoms with Crippen molar-refractivity contribution in [2.45, 2.75) is 13.1 Å². The molecule has 1 amide bonds. The Hall–Kier alpha value is -3.94. The number of hydrogen-bond acceptors (Lipinski definition) is 3. The second kappa shape index (κ2) is 7.71. The highest BCUT2D eigenvalue weighted by Crippen LogP contribution is 2.29. The molecule has 4 aromatic rings. The van der Waals surface area contributed by atoms with Gasteiger partial charge in [-0.3, -0.25) is 14.2 Å². The van der Waals surface area contributed by atoms with Gasteiger partial charge in [0.15, 0.2) is 0 Å². The summed E-state index contributed by atoms with van der Waals surface area (Å²) in [6.45, 7) is 1.73. The lowest BCUT2D eigenvalue weighted by Crippen LogP contribution is -2.22. The summed E-state index contributed by atoms with van der Waals surface area (Å²) in [6.07, 6.45) is -4.46. The molecule has 0 saturated carbocycles. The molecule has 1 aromatic heterocycles. The summed E-state index contributed by atoms with van der Waals surface area (Å²) in [6, 6.07) is 17.6. The average Bonchev–Trinajstić information content (AvgIpc) is 2.74. The van der Waals surface area contributed by atoms with Gasteiger partial charge in [0, 0.05) is 11.3 Å². The number of nitrogens with one attached hydrogen (secondary N) is 1. The van der Waals surface area contributed by atoms with Crippen molar-refractivity contribution in [2.75, 3.05) is 5.32 Å². The van der Waals surface area contributed by atoms with E-state index in [9.17, 15) is 22.8 Å². The van der Waals surface area contributed by atoms with E-state index in [1.807, 2.05) is 6.07 Å². The Morgan fingerprint density at radius 1 is 0.935 bits per heavy atom. The third kappa shape index (κ3) is 4.05. The lowest BCUT2D eigenvalue weighted by atomic mass is 10.1. The molecule has 0 aliphatic carbocycles. The summed E-state index contributed by atoms with van der Waals surface area (Å²) >= 11 is 0. The Morgan fingerprint density at radius 2 is 1.58 bits per heavy atom. The van der Waals surface area contributed by atoms with E-state index in [2.05, 4.69) is 10.3 Å². The first-order valence-electron chi connectivity index (χ1n) is 9.31. The predicted molar refractivity (Wildman–Crippen MR) is 111 cm³/mol. The molecule has 5 nitrogen and oxygen atoms in total. The third-order valence-corrected chi connectivity index (χ3v) is 4.80. The van der Waals surface area contributed by atoms with Gasteiger partial charge in [0.1, 0.15) is 5.82 Å². The maximum atomic E-state index is 12.9. The van der Waals surface area contributed by atoms with Crippen molar-refractivity contribution in [3.8, 4) is 5.69 Å². The highest BCUT2D eigenvalue weighted by molar-refractivity contribution is 6.04. The van der Waals surface area contributed by atoms with Crippen LogP contribution in [-0.4, -0.2) is 15.5 Å². The molecule has 0 saturated heterocycles. The van der Waals surface area contributed by atoms with E-state index in [0.29, 0.717) is 28.1 Å². The number of alkyl halides is 3. The number of carbonyl (C=O) groups is 1. The second-order valence-corrected chi connectivity index (χ2v) is 6.89. The van der Waals surface area contributed by atoms with Gasteiger partial charge in [-0.2, -0.15) is 13.2 Å². The molecule has 8 heteroatoms. The minimum absolute atomic E-state index is 0.0999. The zero-order chi connectivity index (χ0) is 22.2. The van der Waals surface area contributed by atoms with Gasteiger partial charge in [-0.25, -0.2) is 4.98 Å². The molecular formula is C23H16F3N3O2. The number of rotatable bonds is 3. The summed E-state index contributed by atoms with van der Waals surface area (Å²) in [4.78, 5) is 29.7. The summed E-state index contributed by atoms with van der Waals surface area (Å²) in [5.41, 5.74) is 0.703. The van der Waals surface area contributed by atoms with Gasteiger partial charge in [0.05, 0.1) is 22.2 Å². The molecular weight excluding hydrogens is 407 g/mol. The highest BCUT2D eigenvalue weighted by atomic mass is 19.4. The van der Waals surface area contributed by atoms with Gasteiger partial charge in [-0.15, -0.1) is 0 Å². The molecule has 1 N–H and O–H groups in total. The molecule has 0 radical (unpaired) electrons. The van der Waals surface area contributed by atoms with E-state index < -0.39 is 17.6 Å². The van der Waals surface area contributed by atoms with Crippen molar-refractivity contribution in [2.24, 2.45) is 0 Å². The molecule has 4 rings (SSSR count). The lowest BCUT2D eigenvalue weighted by molar-refractivity contribution is -0.137. The Bertz CT molecular complexity index is 1330. The number of halogens is 3. The van der Waals surface area contributed by atoms with Crippen molar-refractivity contribution in [1.82, 2.24) is 9.55 Å². The minimum Gasteiger partial charge on any atom is -0.322 e. The monoisotopic (exact) mass is 423 g/mol. The Morgan fingerprint density at radius 3 is 2.23 bits per heavy atom. The molecule has 0 fully saturated rings. The van der Waals surface area contributed by atoms with E-state index in [1.54, 1.807) is 49.4 Å². The van der Waals surface area contributed by atoms with Crippen LogP contribution in [0.25, 0.3) is 16.6 Å². The van der Waals surface area contributed by atoms with Gasteiger partial charge in [0.2, 0.25) is 0 Å². The molecule has 3 aromatic carbocycles. The van der Waals surface area contributed by atoms with Crippen molar-refractivity contribution in [1.29, 1.82) is 0 Å². The van der Waals surface area contributed by atoms with E-state index in [4.69, 9.17) is 0 Å². The average molecular weight is 423 g/mol. The first-order valence-corrected chi connectivity index (χ1v) is 9.31. The molecule has 156 valence electrons. The highest BCUT2D eigenvalue weighted by Gasteiger charge is 2.30. The molecule has 0 bridgehead atoms. The molecule has 31 heavy (non-hydrogen) atoms. The molecule has 1 heterocycles. The van der Waals surface area contributed by atoms with E-state index in [-0.39, 0.29) is 11.1 Å². The maximum Gasteiger partial charge on any atom is 0.416 e. The number of hydrogen-bond donors (Lipinski definition) is 1. The first-order chi connectivity index (χ1) is 14.7. The summed E-state index contributed by atoms with van der Waals surface area (Å²) in [5.74, 6) is -0.0209. The van der Waals surface area contributed by atoms with Gasteiger partial charge < -0.3 is 5.32 Å². The number of benzene rings is 3. The molecule has 0 spiro atoms. The Labute approximate surface area is 174 Å². The summed E-state index contributed by atoms with van der Waals surface area (Å²) < 4.78 is 39.5. The first kappa shape index (κ1) is 20.3. The van der Waals surface area contributed by atoms with Crippen LogP contribution in [0.3, 0.4) is 0 Å². The number of aromatic nitrogens is 2.